The Kier molecular flexibility index (Phi) is 45.9. The third kappa shape index (κ3) is 58800. The van der Waals surface area contributed by atoms with E-state index in [9.17, 15) is 0 Å². The van der Waals surface area contributed by atoms with E-state index in [-0.39, 0.29) is 50.9 Å². The zero-order chi connectivity index (χ0) is 9.15. The van der Waals surface area contributed by atoms with Gasteiger partial charge in [0.25, 0.3) is 0 Å². The number of hydrogen-bond acceptors (Lipinski definition) is 7. The van der Waals surface area contributed by atoms with E-state index in [0.717, 1.165) is 0 Å². The molecule has 0 unspecified atom stereocenters. The minimum absolute atomic E-state index is 0. The van der Waals surface area contributed by atoms with Gasteiger partial charge in [0.1, 0.15) is 0 Å². The van der Waals surface area contributed by atoms with Gasteiger partial charge >= 0.3 is 53.7 Å². The fourth-order valence-electron chi connectivity index (χ4n) is 0. The quantitative estimate of drug-likeness (QED) is 0.272. The SMILES string of the molecule is O=C([O-])[O-].O=C([O-])[O-].[Bi+3].[O]=[Bi+]. The molecule has 7 nitrogen and oxygen atoms in total. The van der Waals surface area contributed by atoms with Crippen LogP contribution in [0, 0.1) is 0 Å². The topological polar surface area (TPSA) is 143 Å². The summed E-state index contributed by atoms with van der Waals surface area (Å²) in [5.41, 5.74) is 0. The molecule has 0 aliphatic heterocycles. The molecule has 0 saturated heterocycles. The summed E-state index contributed by atoms with van der Waals surface area (Å²) in [5.74, 6) is 0. The first-order chi connectivity index (χ1) is 4.46. The van der Waals surface area contributed by atoms with Gasteiger partial charge in [0.2, 0.25) is 0 Å². The Hall–Kier alpha value is 0.106. The molecule has 0 saturated carbocycles. The molecule has 60 valence electrons. The van der Waals surface area contributed by atoms with E-state index in [4.69, 9.17) is 32.8 Å². The van der Waals surface area contributed by atoms with Gasteiger partial charge in [-0.2, -0.15) is 0 Å². The first-order valence-corrected chi connectivity index (χ1v) is 2.83. The van der Waals surface area contributed by atoms with Crippen LogP contribution in [-0.4, -0.2) is 63.2 Å². The van der Waals surface area contributed by atoms with E-state index in [1.54, 1.807) is 0 Å². The molecule has 0 rings (SSSR count). The van der Waals surface area contributed by atoms with Crippen LogP contribution in [0.4, 0.5) is 9.59 Å². The van der Waals surface area contributed by atoms with Crippen molar-refractivity contribution >= 4 is 63.2 Å². The zero-order valence-corrected chi connectivity index (χ0v) is 11.7. The average molecular weight is 554 g/mol. The molecule has 0 aromatic heterocycles. The molecule has 0 aromatic carbocycles. The summed E-state index contributed by atoms with van der Waals surface area (Å²) in [6.07, 6.45) is -4.67. The molecule has 0 fully saturated rings. The molecule has 9 heteroatoms. The van der Waals surface area contributed by atoms with Crippen molar-refractivity contribution in [2.24, 2.45) is 0 Å². The van der Waals surface area contributed by atoms with E-state index in [1.165, 1.54) is 0 Å². The third-order valence-electron chi connectivity index (χ3n) is 0. The summed E-state index contributed by atoms with van der Waals surface area (Å²) >= 11 is 0.194. The summed E-state index contributed by atoms with van der Waals surface area (Å²) in [6.45, 7) is 0. The molecule has 11 heavy (non-hydrogen) atoms. The Labute approximate surface area is 95.4 Å². The molecule has 0 bridgehead atoms. The molecule has 0 heterocycles. The van der Waals surface area contributed by atoms with E-state index < -0.39 is 12.3 Å². The van der Waals surface area contributed by atoms with Crippen molar-refractivity contribution in [3.8, 4) is 0 Å². The van der Waals surface area contributed by atoms with Gasteiger partial charge in [0, 0.05) is 0 Å². The van der Waals surface area contributed by atoms with E-state index in [1.807, 2.05) is 0 Å². The average Bonchev–Trinajstić information content (AvgIpc) is 1.66. The van der Waals surface area contributed by atoms with Gasteiger partial charge in [0.05, 0.1) is 0 Å². The summed E-state index contributed by atoms with van der Waals surface area (Å²) < 4.78 is 8.36. The monoisotopic (exact) mass is 554 g/mol. The van der Waals surface area contributed by atoms with Crippen molar-refractivity contribution in [1.82, 2.24) is 0 Å². The van der Waals surface area contributed by atoms with Gasteiger partial charge in [-0.1, -0.05) is 0 Å². The zero-order valence-electron chi connectivity index (χ0n) is 4.75. The van der Waals surface area contributed by atoms with Crippen molar-refractivity contribution in [3.63, 3.8) is 0 Å². The number of hydrogen-bond donors (Lipinski definition) is 0. The Morgan fingerprint density at radius 1 is 0.818 bits per heavy atom. The Morgan fingerprint density at radius 3 is 0.818 bits per heavy atom. The van der Waals surface area contributed by atoms with Crippen LogP contribution in [0.1, 0.15) is 0 Å². The van der Waals surface area contributed by atoms with Crippen LogP contribution < -0.4 is 20.4 Å². The van der Waals surface area contributed by atoms with Crippen LogP contribution >= 0.6 is 0 Å². The van der Waals surface area contributed by atoms with Crippen molar-refractivity contribution in [2.75, 3.05) is 0 Å². The molecule has 0 N–H and O–H groups in total. The van der Waals surface area contributed by atoms with Crippen molar-refractivity contribution < 1.29 is 32.8 Å². The first-order valence-electron chi connectivity index (χ1n) is 1.41. The second kappa shape index (κ2) is 22.5. The molecule has 0 aliphatic rings. The molecule has 0 aromatic rings. The second-order valence-electron chi connectivity index (χ2n) is 0.500. The molecule has 0 aliphatic carbocycles. The maximum atomic E-state index is 8.36. The number of rotatable bonds is 0. The van der Waals surface area contributed by atoms with Gasteiger partial charge in [-0.15, -0.1) is 0 Å². The van der Waals surface area contributed by atoms with Crippen LogP contribution in [0.5, 0.6) is 0 Å². The van der Waals surface area contributed by atoms with E-state index in [0.29, 0.717) is 0 Å². The van der Waals surface area contributed by atoms with E-state index in [2.05, 4.69) is 0 Å². The maximum absolute atomic E-state index is 8.36. The summed E-state index contributed by atoms with van der Waals surface area (Å²) in [5, 5.41) is 33.3. The van der Waals surface area contributed by atoms with E-state index >= 15 is 0 Å². The van der Waals surface area contributed by atoms with Gasteiger partial charge in [-0.05, 0) is 12.3 Å². The Bertz CT molecular complexity index is 82.6. The van der Waals surface area contributed by atoms with Crippen LogP contribution in [0.25, 0.3) is 0 Å². The molecule has 0 atom stereocenters. The van der Waals surface area contributed by atoms with Crippen LogP contribution in [0.15, 0.2) is 0 Å². The number of carbonyl (C=O) groups is 2. The molecular formula is C2Bi2O7. The van der Waals surface area contributed by atoms with Gasteiger partial charge < -0.3 is 30.0 Å². The first kappa shape index (κ1) is 22.5. The summed E-state index contributed by atoms with van der Waals surface area (Å²) in [6, 6.07) is 0. The molecule has 4 radical (unpaired) electrons. The van der Waals surface area contributed by atoms with Crippen molar-refractivity contribution in [2.45, 2.75) is 0 Å². The molecular weight excluding hydrogens is 554 g/mol. The van der Waals surface area contributed by atoms with Crippen molar-refractivity contribution in [3.05, 3.63) is 0 Å². The molecule has 0 amide bonds. The van der Waals surface area contributed by atoms with Gasteiger partial charge in [-0.3, -0.25) is 0 Å². The molecule has 0 spiro atoms. The predicted molar refractivity (Wildman–Crippen MR) is 23.0 cm³/mol. The fourth-order valence-corrected chi connectivity index (χ4v) is 0. The Morgan fingerprint density at radius 2 is 0.818 bits per heavy atom. The van der Waals surface area contributed by atoms with Crippen molar-refractivity contribution in [1.29, 1.82) is 0 Å². The van der Waals surface area contributed by atoms with Gasteiger partial charge in [-0.25, -0.2) is 0 Å². The second-order valence-corrected chi connectivity index (χ2v) is 0.500. The summed E-state index contributed by atoms with van der Waals surface area (Å²) in [4.78, 5) is 16.7. The van der Waals surface area contributed by atoms with Crippen LogP contribution in [-0.2, 0) is 2.81 Å². The third-order valence-corrected chi connectivity index (χ3v) is 0. The van der Waals surface area contributed by atoms with Gasteiger partial charge in [0.15, 0.2) is 0 Å². The number of carboxylic acid groups (broad SMARTS) is 4. The summed E-state index contributed by atoms with van der Waals surface area (Å²) in [7, 11) is 0. The fraction of sp³-hybridized carbons (Fsp3) is 0. The van der Waals surface area contributed by atoms with Crippen LogP contribution in [0.2, 0.25) is 0 Å². The standard InChI is InChI=1S/2CH2O3.2Bi.O/c2*2-1(3)4;;;/h2*(H2,2,3,4);;;/q;;+1;+3;/p-4. The van der Waals surface area contributed by atoms with Crippen LogP contribution in [0.3, 0.4) is 0 Å². The normalized spacial score (nSPS) is 4.73. The Balaban J connectivity index is -0.0000000339. The predicted octanol–water partition coefficient (Wildman–Crippen LogP) is -5.77. The number of carbonyl (C=O) groups excluding carboxylic acids is 2. The minimum atomic E-state index is -2.33.